The zero-order valence-electron chi connectivity index (χ0n) is 9.37. The van der Waals surface area contributed by atoms with Crippen molar-refractivity contribution in [3.63, 3.8) is 0 Å². The highest BCUT2D eigenvalue weighted by Crippen LogP contribution is 2.19. The molecule has 2 rings (SSSR count). The molecule has 1 aliphatic heterocycles. The first-order valence-electron chi connectivity index (χ1n) is 5.56. The van der Waals surface area contributed by atoms with Gasteiger partial charge in [-0.15, -0.1) is 0 Å². The molecule has 0 unspecified atom stereocenters. The lowest BCUT2D eigenvalue weighted by Gasteiger charge is -2.22. The lowest BCUT2D eigenvalue weighted by atomic mass is 10.0. The van der Waals surface area contributed by atoms with E-state index in [4.69, 9.17) is 16.3 Å². The fraction of sp³-hybridized carbons (Fsp3) is 0.636. The molecule has 0 aliphatic carbocycles. The highest BCUT2D eigenvalue weighted by atomic mass is 35.5. The maximum atomic E-state index is 5.95. The lowest BCUT2D eigenvalue weighted by molar-refractivity contribution is 0.0699. The summed E-state index contributed by atoms with van der Waals surface area (Å²) in [6.45, 7) is 4.52. The predicted octanol–water partition coefficient (Wildman–Crippen LogP) is 2.28. The molecule has 88 valence electrons. The van der Waals surface area contributed by atoms with Crippen molar-refractivity contribution in [1.82, 2.24) is 9.97 Å². The Morgan fingerprint density at radius 2 is 2.25 bits per heavy atom. The standard InChI is InChI=1S/C11H16ClN3O/c1-8-6-13-10(12)11(15-8)14-7-9-2-4-16-5-3-9/h6,9H,2-5,7H2,1H3,(H,14,15). The number of hydrogen-bond donors (Lipinski definition) is 1. The van der Waals surface area contributed by atoms with Crippen LogP contribution >= 0.6 is 11.6 Å². The third-order valence-corrected chi connectivity index (χ3v) is 3.02. The Morgan fingerprint density at radius 1 is 1.50 bits per heavy atom. The normalized spacial score (nSPS) is 17.4. The van der Waals surface area contributed by atoms with Gasteiger partial charge in [0.05, 0.1) is 11.9 Å². The quantitative estimate of drug-likeness (QED) is 0.882. The summed E-state index contributed by atoms with van der Waals surface area (Å²) in [5, 5.41) is 3.70. The van der Waals surface area contributed by atoms with Gasteiger partial charge in [-0.05, 0) is 25.7 Å². The van der Waals surface area contributed by atoms with E-state index >= 15 is 0 Å². The summed E-state index contributed by atoms with van der Waals surface area (Å²) >= 11 is 5.95. The second-order valence-corrected chi connectivity index (χ2v) is 4.45. The number of halogens is 1. The largest absolute Gasteiger partial charge is 0.381 e. The summed E-state index contributed by atoms with van der Waals surface area (Å²) < 4.78 is 5.31. The van der Waals surface area contributed by atoms with E-state index in [1.54, 1.807) is 6.20 Å². The van der Waals surface area contributed by atoms with Gasteiger partial charge in [0.2, 0.25) is 0 Å². The molecular weight excluding hydrogens is 226 g/mol. The zero-order valence-corrected chi connectivity index (χ0v) is 10.1. The van der Waals surface area contributed by atoms with Crippen LogP contribution in [0.1, 0.15) is 18.5 Å². The molecule has 1 N–H and O–H groups in total. The van der Waals surface area contributed by atoms with Crippen molar-refractivity contribution in [3.8, 4) is 0 Å². The first-order valence-corrected chi connectivity index (χ1v) is 5.94. The Hall–Kier alpha value is -0.870. The number of hydrogen-bond acceptors (Lipinski definition) is 4. The minimum absolute atomic E-state index is 0.442. The SMILES string of the molecule is Cc1cnc(Cl)c(NCC2CCOCC2)n1. The monoisotopic (exact) mass is 241 g/mol. The summed E-state index contributed by atoms with van der Waals surface area (Å²) in [4.78, 5) is 8.38. The van der Waals surface area contributed by atoms with E-state index in [0.717, 1.165) is 38.3 Å². The van der Waals surface area contributed by atoms with Crippen LogP contribution in [0.5, 0.6) is 0 Å². The van der Waals surface area contributed by atoms with Crippen molar-refractivity contribution < 1.29 is 4.74 Å². The molecule has 1 aromatic rings. The minimum Gasteiger partial charge on any atom is -0.381 e. The number of nitrogens with zero attached hydrogens (tertiary/aromatic N) is 2. The van der Waals surface area contributed by atoms with Crippen LogP contribution in [0.3, 0.4) is 0 Å². The molecule has 0 spiro atoms. The summed E-state index contributed by atoms with van der Waals surface area (Å²) in [6, 6.07) is 0. The summed E-state index contributed by atoms with van der Waals surface area (Å²) in [6.07, 6.45) is 3.87. The molecule has 4 nitrogen and oxygen atoms in total. The Bertz CT molecular complexity index is 353. The number of rotatable bonds is 3. The van der Waals surface area contributed by atoms with E-state index in [1.165, 1.54) is 0 Å². The first-order chi connectivity index (χ1) is 7.75. The van der Waals surface area contributed by atoms with E-state index in [1.807, 2.05) is 6.92 Å². The van der Waals surface area contributed by atoms with E-state index in [2.05, 4.69) is 15.3 Å². The van der Waals surface area contributed by atoms with Gasteiger partial charge in [-0.25, -0.2) is 9.97 Å². The highest BCUT2D eigenvalue weighted by molar-refractivity contribution is 6.31. The summed E-state index contributed by atoms with van der Waals surface area (Å²) in [7, 11) is 0. The maximum Gasteiger partial charge on any atom is 0.171 e. The predicted molar refractivity (Wildman–Crippen MR) is 63.8 cm³/mol. The molecule has 5 heteroatoms. The fourth-order valence-corrected chi connectivity index (χ4v) is 1.92. The van der Waals surface area contributed by atoms with Crippen LogP contribution in [0, 0.1) is 12.8 Å². The maximum absolute atomic E-state index is 5.95. The van der Waals surface area contributed by atoms with Crippen molar-refractivity contribution >= 4 is 17.4 Å². The topological polar surface area (TPSA) is 47.0 Å². The van der Waals surface area contributed by atoms with Crippen molar-refractivity contribution in [1.29, 1.82) is 0 Å². The lowest BCUT2D eigenvalue weighted by Crippen LogP contribution is -2.23. The summed E-state index contributed by atoms with van der Waals surface area (Å²) in [5.41, 5.74) is 0.874. The van der Waals surface area contributed by atoms with Gasteiger partial charge in [-0.2, -0.15) is 0 Å². The number of nitrogens with one attached hydrogen (secondary N) is 1. The van der Waals surface area contributed by atoms with Gasteiger partial charge in [0, 0.05) is 19.8 Å². The average molecular weight is 242 g/mol. The zero-order chi connectivity index (χ0) is 11.4. The second-order valence-electron chi connectivity index (χ2n) is 4.09. The first kappa shape index (κ1) is 11.6. The number of aryl methyl sites for hydroxylation is 1. The van der Waals surface area contributed by atoms with Crippen LogP contribution in [0.15, 0.2) is 6.20 Å². The minimum atomic E-state index is 0.442. The van der Waals surface area contributed by atoms with E-state index < -0.39 is 0 Å². The molecule has 1 saturated heterocycles. The Morgan fingerprint density at radius 3 is 3.00 bits per heavy atom. The molecule has 0 saturated carbocycles. The Kier molecular flexibility index (Phi) is 3.96. The molecule has 1 aliphatic rings. The van der Waals surface area contributed by atoms with E-state index in [0.29, 0.717) is 16.9 Å². The third-order valence-electron chi connectivity index (χ3n) is 2.75. The molecule has 1 fully saturated rings. The molecule has 16 heavy (non-hydrogen) atoms. The molecule has 0 aromatic carbocycles. The van der Waals surface area contributed by atoms with E-state index in [-0.39, 0.29) is 0 Å². The Balaban J connectivity index is 1.90. The van der Waals surface area contributed by atoms with Crippen molar-refractivity contribution in [2.24, 2.45) is 5.92 Å². The molecule has 0 radical (unpaired) electrons. The number of ether oxygens (including phenoxy) is 1. The highest BCUT2D eigenvalue weighted by Gasteiger charge is 2.14. The molecule has 0 amide bonds. The Labute approximate surface area is 100 Å². The van der Waals surface area contributed by atoms with Crippen molar-refractivity contribution in [2.75, 3.05) is 25.1 Å². The second kappa shape index (κ2) is 5.46. The van der Waals surface area contributed by atoms with Gasteiger partial charge in [0.25, 0.3) is 0 Å². The van der Waals surface area contributed by atoms with Gasteiger partial charge >= 0.3 is 0 Å². The van der Waals surface area contributed by atoms with Crippen LogP contribution in [-0.2, 0) is 4.74 Å². The van der Waals surface area contributed by atoms with Gasteiger partial charge in [0.1, 0.15) is 0 Å². The van der Waals surface area contributed by atoms with Crippen molar-refractivity contribution in [3.05, 3.63) is 17.0 Å². The third kappa shape index (κ3) is 3.06. The van der Waals surface area contributed by atoms with Gasteiger partial charge in [0.15, 0.2) is 11.0 Å². The van der Waals surface area contributed by atoms with Crippen LogP contribution in [0.2, 0.25) is 5.15 Å². The van der Waals surface area contributed by atoms with Crippen LogP contribution in [0.25, 0.3) is 0 Å². The van der Waals surface area contributed by atoms with Crippen LogP contribution < -0.4 is 5.32 Å². The molecule has 2 heterocycles. The molecular formula is C11H16ClN3O. The number of anilines is 1. The number of aromatic nitrogens is 2. The average Bonchev–Trinajstić information content (AvgIpc) is 2.32. The smallest absolute Gasteiger partial charge is 0.171 e. The van der Waals surface area contributed by atoms with Gasteiger partial charge in [-0.3, -0.25) is 0 Å². The summed E-state index contributed by atoms with van der Waals surface area (Å²) in [5.74, 6) is 1.33. The van der Waals surface area contributed by atoms with Gasteiger partial charge in [-0.1, -0.05) is 11.6 Å². The van der Waals surface area contributed by atoms with Crippen LogP contribution in [-0.4, -0.2) is 29.7 Å². The fourth-order valence-electron chi connectivity index (χ4n) is 1.77. The molecule has 0 bridgehead atoms. The van der Waals surface area contributed by atoms with Gasteiger partial charge < -0.3 is 10.1 Å². The molecule has 1 aromatic heterocycles. The van der Waals surface area contributed by atoms with Crippen LogP contribution in [0.4, 0.5) is 5.82 Å². The van der Waals surface area contributed by atoms with E-state index in [9.17, 15) is 0 Å². The molecule has 0 atom stereocenters. The van der Waals surface area contributed by atoms with Crippen molar-refractivity contribution in [2.45, 2.75) is 19.8 Å².